The Labute approximate surface area is 109 Å². The van der Waals surface area contributed by atoms with Crippen molar-refractivity contribution in [2.24, 2.45) is 0 Å². The number of nitrogens with zero attached hydrogens (tertiary/aromatic N) is 4. The summed E-state index contributed by atoms with van der Waals surface area (Å²) in [6.07, 6.45) is 0. The fourth-order valence-electron chi connectivity index (χ4n) is 1.37. The molecule has 2 aromatic heterocycles. The molecule has 2 heterocycles. The summed E-state index contributed by atoms with van der Waals surface area (Å²) in [5.41, 5.74) is 0. The smallest absolute Gasteiger partial charge is 0.346 e. The second-order valence-corrected chi connectivity index (χ2v) is 4.66. The molecule has 0 aliphatic rings. The van der Waals surface area contributed by atoms with Crippen molar-refractivity contribution in [3.63, 3.8) is 0 Å². The zero-order valence-electron chi connectivity index (χ0n) is 10.5. The van der Waals surface area contributed by atoms with Gasteiger partial charge in [-0.3, -0.25) is 0 Å². The van der Waals surface area contributed by atoms with Gasteiger partial charge in [0.25, 0.3) is 0 Å². The lowest BCUT2D eigenvalue weighted by Crippen LogP contribution is -2.28. The molecule has 2 rings (SSSR count). The van der Waals surface area contributed by atoms with Gasteiger partial charge in [-0.15, -0.1) is 16.4 Å². The average molecular weight is 266 g/mol. The molecule has 0 atom stereocenters. The zero-order chi connectivity index (χ0) is 13.1. The average Bonchev–Trinajstić information content (AvgIpc) is 2.95. The third kappa shape index (κ3) is 2.35. The Balaban J connectivity index is 2.46. The van der Waals surface area contributed by atoms with Crippen LogP contribution in [0.2, 0.25) is 0 Å². The predicted octanol–water partition coefficient (Wildman–Crippen LogP) is 1.93. The fraction of sp³-hybridized carbons (Fsp3) is 0.364. The minimum Gasteiger partial charge on any atom is -0.463 e. The van der Waals surface area contributed by atoms with Gasteiger partial charge in [0.15, 0.2) is 5.82 Å². The van der Waals surface area contributed by atoms with Gasteiger partial charge < -0.3 is 9.64 Å². The Morgan fingerprint density at radius 3 is 2.89 bits per heavy atom. The third-order valence-electron chi connectivity index (χ3n) is 2.17. The van der Waals surface area contributed by atoms with Crippen LogP contribution in [0.25, 0.3) is 10.7 Å². The molecule has 0 radical (unpaired) electrons. The summed E-state index contributed by atoms with van der Waals surface area (Å²) in [7, 11) is 3.34. The Morgan fingerprint density at radius 2 is 2.33 bits per heavy atom. The first-order valence-corrected chi connectivity index (χ1v) is 6.36. The first-order chi connectivity index (χ1) is 8.63. The number of ether oxygens (including phenoxy) is 1. The molecule has 1 amide bonds. The molecule has 0 fully saturated rings. The van der Waals surface area contributed by atoms with Gasteiger partial charge in [0.2, 0.25) is 0 Å². The molecule has 0 spiro atoms. The SMILES string of the molecule is CCOc1nc(-c2cccs2)n(C(=O)N(C)C)n1. The van der Waals surface area contributed by atoms with E-state index in [1.807, 2.05) is 24.4 Å². The van der Waals surface area contributed by atoms with Crippen LogP contribution < -0.4 is 4.74 Å². The first-order valence-electron chi connectivity index (χ1n) is 5.49. The van der Waals surface area contributed by atoms with Crippen molar-refractivity contribution in [1.82, 2.24) is 19.7 Å². The standard InChI is InChI=1S/C11H14N4O2S/c1-4-17-10-12-9(8-6-5-7-18-8)15(13-10)11(16)14(2)3/h5-7H,4H2,1-3H3. The number of amides is 1. The maximum atomic E-state index is 12.0. The van der Waals surface area contributed by atoms with E-state index in [1.54, 1.807) is 14.1 Å². The van der Waals surface area contributed by atoms with Crippen molar-refractivity contribution < 1.29 is 9.53 Å². The van der Waals surface area contributed by atoms with E-state index >= 15 is 0 Å². The van der Waals surface area contributed by atoms with E-state index < -0.39 is 0 Å². The topological polar surface area (TPSA) is 60.3 Å². The van der Waals surface area contributed by atoms with Crippen LogP contribution in [0.15, 0.2) is 17.5 Å². The molecular formula is C11H14N4O2S. The summed E-state index contributed by atoms with van der Waals surface area (Å²) < 4.78 is 6.51. The molecule has 0 saturated carbocycles. The van der Waals surface area contributed by atoms with Crippen molar-refractivity contribution in [3.05, 3.63) is 17.5 Å². The van der Waals surface area contributed by atoms with E-state index in [0.29, 0.717) is 12.4 Å². The molecule has 0 saturated heterocycles. The molecule has 0 N–H and O–H groups in total. The number of hydrogen-bond acceptors (Lipinski definition) is 5. The number of thiophene rings is 1. The highest BCUT2D eigenvalue weighted by atomic mass is 32.1. The Hall–Kier alpha value is -1.89. The number of carbonyl (C=O) groups is 1. The summed E-state index contributed by atoms with van der Waals surface area (Å²) in [6.45, 7) is 2.31. The van der Waals surface area contributed by atoms with Crippen molar-refractivity contribution in [2.75, 3.05) is 20.7 Å². The van der Waals surface area contributed by atoms with Crippen LogP contribution in [0.5, 0.6) is 6.01 Å². The molecule has 96 valence electrons. The predicted molar refractivity (Wildman–Crippen MR) is 69.0 cm³/mol. The normalized spacial score (nSPS) is 10.4. The molecule has 0 aliphatic heterocycles. The second-order valence-electron chi connectivity index (χ2n) is 3.72. The maximum absolute atomic E-state index is 12.0. The van der Waals surface area contributed by atoms with Gasteiger partial charge in [-0.05, 0) is 18.4 Å². The van der Waals surface area contributed by atoms with E-state index in [4.69, 9.17) is 4.74 Å². The lowest BCUT2D eigenvalue weighted by molar-refractivity contribution is 0.215. The van der Waals surface area contributed by atoms with Crippen LogP contribution in [0.1, 0.15) is 6.92 Å². The van der Waals surface area contributed by atoms with Gasteiger partial charge in [-0.2, -0.15) is 9.67 Å². The van der Waals surface area contributed by atoms with Gasteiger partial charge >= 0.3 is 12.0 Å². The van der Waals surface area contributed by atoms with Crippen LogP contribution in [-0.2, 0) is 0 Å². The molecule has 18 heavy (non-hydrogen) atoms. The summed E-state index contributed by atoms with van der Waals surface area (Å²) in [6, 6.07) is 3.76. The van der Waals surface area contributed by atoms with E-state index in [0.717, 1.165) is 4.88 Å². The van der Waals surface area contributed by atoms with Crippen molar-refractivity contribution >= 4 is 17.4 Å². The quantitative estimate of drug-likeness (QED) is 0.851. The van der Waals surface area contributed by atoms with Crippen molar-refractivity contribution in [2.45, 2.75) is 6.92 Å². The van der Waals surface area contributed by atoms with Crippen LogP contribution in [0, 0.1) is 0 Å². The number of rotatable bonds is 3. The summed E-state index contributed by atoms with van der Waals surface area (Å²) in [5, 5.41) is 6.00. The van der Waals surface area contributed by atoms with Crippen molar-refractivity contribution in [3.8, 4) is 16.7 Å². The molecule has 7 heteroatoms. The molecular weight excluding hydrogens is 252 g/mol. The number of hydrogen-bond donors (Lipinski definition) is 0. The Morgan fingerprint density at radius 1 is 1.56 bits per heavy atom. The maximum Gasteiger partial charge on any atom is 0.346 e. The minimum atomic E-state index is -0.253. The van der Waals surface area contributed by atoms with E-state index in [-0.39, 0.29) is 12.0 Å². The Kier molecular flexibility index (Phi) is 3.61. The molecule has 0 unspecified atom stereocenters. The molecule has 0 aromatic carbocycles. The highest BCUT2D eigenvalue weighted by Crippen LogP contribution is 2.24. The summed E-state index contributed by atoms with van der Waals surface area (Å²) in [4.78, 5) is 18.6. The van der Waals surface area contributed by atoms with Gasteiger partial charge in [0.1, 0.15) is 0 Å². The number of aromatic nitrogens is 3. The summed E-state index contributed by atoms with van der Waals surface area (Å²) >= 11 is 1.50. The van der Waals surface area contributed by atoms with E-state index in [1.165, 1.54) is 20.9 Å². The van der Waals surface area contributed by atoms with E-state index in [9.17, 15) is 4.79 Å². The monoisotopic (exact) mass is 266 g/mol. The van der Waals surface area contributed by atoms with Gasteiger partial charge in [0.05, 0.1) is 11.5 Å². The lowest BCUT2D eigenvalue weighted by Gasteiger charge is -2.10. The minimum absolute atomic E-state index is 0.219. The molecule has 0 bridgehead atoms. The van der Waals surface area contributed by atoms with Crippen molar-refractivity contribution in [1.29, 1.82) is 0 Å². The Bertz CT molecular complexity index is 533. The van der Waals surface area contributed by atoms with Crippen LogP contribution >= 0.6 is 11.3 Å². The fourth-order valence-corrected chi connectivity index (χ4v) is 2.07. The summed E-state index contributed by atoms with van der Waals surface area (Å²) in [5.74, 6) is 0.507. The van der Waals surface area contributed by atoms with Crippen LogP contribution in [0.3, 0.4) is 0 Å². The van der Waals surface area contributed by atoms with Gasteiger partial charge in [-0.25, -0.2) is 4.79 Å². The highest BCUT2D eigenvalue weighted by Gasteiger charge is 2.20. The molecule has 6 nitrogen and oxygen atoms in total. The third-order valence-corrected chi connectivity index (χ3v) is 3.03. The molecule has 0 aliphatic carbocycles. The second kappa shape index (κ2) is 5.18. The molecule has 2 aromatic rings. The largest absolute Gasteiger partial charge is 0.463 e. The van der Waals surface area contributed by atoms with Crippen LogP contribution in [0.4, 0.5) is 4.79 Å². The number of carbonyl (C=O) groups excluding carboxylic acids is 1. The van der Waals surface area contributed by atoms with Crippen LogP contribution in [-0.4, -0.2) is 46.4 Å². The highest BCUT2D eigenvalue weighted by molar-refractivity contribution is 7.13. The van der Waals surface area contributed by atoms with E-state index in [2.05, 4.69) is 10.1 Å². The lowest BCUT2D eigenvalue weighted by atomic mass is 10.4. The first kappa shape index (κ1) is 12.6. The zero-order valence-corrected chi connectivity index (χ0v) is 11.3. The van der Waals surface area contributed by atoms with Gasteiger partial charge in [-0.1, -0.05) is 6.07 Å². The van der Waals surface area contributed by atoms with Gasteiger partial charge in [0, 0.05) is 14.1 Å².